The van der Waals surface area contributed by atoms with Crippen molar-refractivity contribution in [3.05, 3.63) is 29.6 Å². The number of hydrogen-bond donors (Lipinski definition) is 1. The van der Waals surface area contributed by atoms with Crippen LogP contribution in [0.2, 0.25) is 0 Å². The molecule has 0 bridgehead atoms. The lowest BCUT2D eigenvalue weighted by Gasteiger charge is -2.18. The minimum atomic E-state index is -1.50. The molecule has 0 spiro atoms. The minimum absolute atomic E-state index is 0.130. The molecule has 0 unspecified atom stereocenters. The van der Waals surface area contributed by atoms with Gasteiger partial charge in [-0.2, -0.15) is 0 Å². The molecule has 0 radical (unpaired) electrons. The summed E-state index contributed by atoms with van der Waals surface area (Å²) in [5.74, 6) is -3.57. The lowest BCUT2D eigenvalue weighted by molar-refractivity contribution is 0.201. The van der Waals surface area contributed by atoms with Crippen LogP contribution in [0.15, 0.2) is 12.1 Å². The smallest absolute Gasteiger partial charge is 0.411 e. The van der Waals surface area contributed by atoms with Gasteiger partial charge in [-0.05, 0) is 6.92 Å². The van der Waals surface area contributed by atoms with Crippen molar-refractivity contribution < 1.29 is 23.1 Å². The quantitative estimate of drug-likeness (QED) is 0.830. The SMILES string of the molecule is CCN(C(=O)O)c1c(F)cc(F)cc1F. The summed E-state index contributed by atoms with van der Waals surface area (Å²) in [4.78, 5) is 11.1. The van der Waals surface area contributed by atoms with Crippen molar-refractivity contribution in [1.82, 2.24) is 0 Å². The maximum absolute atomic E-state index is 13.1. The number of carboxylic acid groups (broad SMARTS) is 1. The molecule has 0 aliphatic heterocycles. The van der Waals surface area contributed by atoms with Gasteiger partial charge in [-0.25, -0.2) is 18.0 Å². The second kappa shape index (κ2) is 4.20. The standard InChI is InChI=1S/C9H8F3NO2/c1-2-13(9(14)15)8-6(11)3-5(10)4-7(8)12/h3-4H,2H2,1H3,(H,14,15). The summed E-state index contributed by atoms with van der Waals surface area (Å²) in [7, 11) is 0. The van der Waals surface area contributed by atoms with Crippen LogP contribution in [-0.4, -0.2) is 17.7 Å². The summed E-state index contributed by atoms with van der Waals surface area (Å²) in [5, 5.41) is 8.64. The number of carbonyl (C=O) groups is 1. The van der Waals surface area contributed by atoms with Crippen molar-refractivity contribution in [1.29, 1.82) is 0 Å². The van der Waals surface area contributed by atoms with Crippen molar-refractivity contribution in [2.45, 2.75) is 6.92 Å². The van der Waals surface area contributed by atoms with E-state index in [1.165, 1.54) is 6.92 Å². The van der Waals surface area contributed by atoms with E-state index in [0.29, 0.717) is 17.0 Å². The van der Waals surface area contributed by atoms with Crippen molar-refractivity contribution >= 4 is 11.8 Å². The monoisotopic (exact) mass is 219 g/mol. The first-order valence-corrected chi connectivity index (χ1v) is 4.12. The highest BCUT2D eigenvalue weighted by Gasteiger charge is 2.21. The van der Waals surface area contributed by atoms with Crippen LogP contribution in [0.1, 0.15) is 6.92 Å². The first-order valence-electron chi connectivity index (χ1n) is 4.12. The van der Waals surface area contributed by atoms with Gasteiger partial charge in [-0.15, -0.1) is 0 Å². The Kier molecular flexibility index (Phi) is 3.18. The second-order valence-corrected chi connectivity index (χ2v) is 2.74. The van der Waals surface area contributed by atoms with Gasteiger partial charge in [0.15, 0.2) is 11.6 Å². The molecule has 1 rings (SSSR count). The van der Waals surface area contributed by atoms with E-state index in [-0.39, 0.29) is 6.54 Å². The first-order chi connectivity index (χ1) is 6.97. The molecule has 6 heteroatoms. The zero-order valence-corrected chi connectivity index (χ0v) is 7.80. The average molecular weight is 219 g/mol. The Morgan fingerprint density at radius 3 is 2.13 bits per heavy atom. The van der Waals surface area contributed by atoms with Crippen LogP contribution in [0, 0.1) is 17.5 Å². The van der Waals surface area contributed by atoms with E-state index in [0.717, 1.165) is 0 Å². The van der Waals surface area contributed by atoms with Crippen LogP contribution in [0.5, 0.6) is 0 Å². The number of halogens is 3. The third kappa shape index (κ3) is 2.20. The number of nitrogens with zero attached hydrogens (tertiary/aromatic N) is 1. The predicted octanol–water partition coefficient (Wildman–Crippen LogP) is 2.61. The van der Waals surface area contributed by atoms with Crippen LogP contribution < -0.4 is 4.90 Å². The van der Waals surface area contributed by atoms with E-state index in [2.05, 4.69) is 0 Å². The lowest BCUT2D eigenvalue weighted by atomic mass is 10.2. The summed E-state index contributed by atoms with van der Waals surface area (Å²) in [6, 6.07) is 0.869. The van der Waals surface area contributed by atoms with Crippen LogP contribution >= 0.6 is 0 Å². The Balaban J connectivity index is 3.29. The number of hydrogen-bond acceptors (Lipinski definition) is 1. The van der Waals surface area contributed by atoms with Gasteiger partial charge in [-0.3, -0.25) is 4.90 Å². The number of rotatable bonds is 2. The van der Waals surface area contributed by atoms with Crippen molar-refractivity contribution in [2.24, 2.45) is 0 Å². The number of anilines is 1. The number of benzene rings is 1. The molecule has 3 nitrogen and oxygen atoms in total. The highest BCUT2D eigenvalue weighted by atomic mass is 19.1. The van der Waals surface area contributed by atoms with Gasteiger partial charge in [0.05, 0.1) is 0 Å². The molecule has 1 N–H and O–H groups in total. The fourth-order valence-corrected chi connectivity index (χ4v) is 1.18. The summed E-state index contributed by atoms with van der Waals surface area (Å²) < 4.78 is 38.8. The topological polar surface area (TPSA) is 40.5 Å². The first kappa shape index (κ1) is 11.4. The van der Waals surface area contributed by atoms with Crippen molar-refractivity contribution in [2.75, 3.05) is 11.4 Å². The second-order valence-electron chi connectivity index (χ2n) is 2.74. The van der Waals surface area contributed by atoms with E-state index < -0.39 is 29.2 Å². The maximum atomic E-state index is 13.1. The van der Waals surface area contributed by atoms with Crippen molar-refractivity contribution in [3.63, 3.8) is 0 Å². The minimum Gasteiger partial charge on any atom is -0.465 e. The predicted molar refractivity (Wildman–Crippen MR) is 47.4 cm³/mol. The molecule has 82 valence electrons. The molecule has 0 aromatic heterocycles. The molecule has 0 heterocycles. The van der Waals surface area contributed by atoms with Gasteiger partial charge in [0.1, 0.15) is 11.5 Å². The molecule has 1 amide bonds. The van der Waals surface area contributed by atoms with Crippen LogP contribution in [0.3, 0.4) is 0 Å². The van der Waals surface area contributed by atoms with Gasteiger partial charge in [-0.1, -0.05) is 0 Å². The van der Waals surface area contributed by atoms with Gasteiger partial charge in [0.2, 0.25) is 0 Å². The van der Waals surface area contributed by atoms with E-state index >= 15 is 0 Å². The summed E-state index contributed by atoms with van der Waals surface area (Å²) in [6.45, 7) is 1.28. The molecule has 0 saturated carbocycles. The van der Waals surface area contributed by atoms with E-state index in [1.807, 2.05) is 0 Å². The third-order valence-corrected chi connectivity index (χ3v) is 1.80. The van der Waals surface area contributed by atoms with E-state index in [9.17, 15) is 18.0 Å². The Morgan fingerprint density at radius 2 is 1.80 bits per heavy atom. The molecule has 0 atom stereocenters. The van der Waals surface area contributed by atoms with Gasteiger partial charge < -0.3 is 5.11 Å². The summed E-state index contributed by atoms with van der Waals surface area (Å²) in [6.07, 6.45) is -1.50. The molecule has 0 aliphatic carbocycles. The molecule has 1 aromatic carbocycles. The maximum Gasteiger partial charge on any atom is 0.411 e. The Morgan fingerprint density at radius 1 is 1.33 bits per heavy atom. The zero-order valence-electron chi connectivity index (χ0n) is 7.80. The molecule has 0 aliphatic rings. The Bertz CT molecular complexity index is 372. The van der Waals surface area contributed by atoms with Gasteiger partial charge in [0.25, 0.3) is 0 Å². The van der Waals surface area contributed by atoms with Crippen LogP contribution in [0.25, 0.3) is 0 Å². The van der Waals surface area contributed by atoms with E-state index in [1.54, 1.807) is 0 Å². The largest absolute Gasteiger partial charge is 0.465 e. The average Bonchev–Trinajstić information content (AvgIpc) is 2.09. The lowest BCUT2D eigenvalue weighted by Crippen LogP contribution is -2.30. The van der Waals surface area contributed by atoms with Gasteiger partial charge in [0, 0.05) is 18.7 Å². The van der Waals surface area contributed by atoms with Gasteiger partial charge >= 0.3 is 6.09 Å². The number of amides is 1. The zero-order chi connectivity index (χ0) is 11.6. The molecular weight excluding hydrogens is 211 g/mol. The molecule has 1 aromatic rings. The molecular formula is C9H8F3NO2. The normalized spacial score (nSPS) is 10.1. The Hall–Kier alpha value is -1.72. The van der Waals surface area contributed by atoms with Crippen LogP contribution in [-0.2, 0) is 0 Å². The fraction of sp³-hybridized carbons (Fsp3) is 0.222. The Labute approximate surface area is 83.7 Å². The highest BCUT2D eigenvalue weighted by Crippen LogP contribution is 2.24. The third-order valence-electron chi connectivity index (χ3n) is 1.80. The highest BCUT2D eigenvalue weighted by molar-refractivity contribution is 5.86. The van der Waals surface area contributed by atoms with Crippen molar-refractivity contribution in [3.8, 4) is 0 Å². The summed E-state index contributed by atoms with van der Waals surface area (Å²) in [5.41, 5.74) is -0.758. The molecule has 0 saturated heterocycles. The molecule has 0 fully saturated rings. The molecule has 15 heavy (non-hydrogen) atoms. The fourth-order valence-electron chi connectivity index (χ4n) is 1.18. The van der Waals surface area contributed by atoms with E-state index in [4.69, 9.17) is 5.11 Å². The van der Waals surface area contributed by atoms with Crippen LogP contribution in [0.4, 0.5) is 23.7 Å². The summed E-state index contributed by atoms with van der Waals surface area (Å²) >= 11 is 0.